The predicted octanol–water partition coefficient (Wildman–Crippen LogP) is 4.25. The zero-order chi connectivity index (χ0) is 19.2. The van der Waals surface area contributed by atoms with Crippen LogP contribution in [0.2, 0.25) is 0 Å². The summed E-state index contributed by atoms with van der Waals surface area (Å²) in [6.07, 6.45) is 3.87. The molecular formula is C20H18N4O3S. The number of rotatable bonds is 8. The molecule has 142 valence electrons. The zero-order valence-electron chi connectivity index (χ0n) is 14.9. The van der Waals surface area contributed by atoms with Crippen LogP contribution in [0.4, 0.5) is 0 Å². The molecule has 0 aliphatic heterocycles. The van der Waals surface area contributed by atoms with Gasteiger partial charge in [0.15, 0.2) is 23.0 Å². The Balaban J connectivity index is 1.35. The maximum Gasteiger partial charge on any atom is 0.226 e. The third-order valence-corrected chi connectivity index (χ3v) is 4.34. The lowest BCUT2D eigenvalue weighted by Gasteiger charge is -2.12. The first kappa shape index (κ1) is 18.0. The van der Waals surface area contributed by atoms with Gasteiger partial charge in [-0.25, -0.2) is 4.98 Å². The monoisotopic (exact) mass is 394 g/mol. The van der Waals surface area contributed by atoms with Gasteiger partial charge >= 0.3 is 0 Å². The first-order valence-corrected chi connectivity index (χ1v) is 9.15. The van der Waals surface area contributed by atoms with Gasteiger partial charge in [-0.05, 0) is 36.5 Å². The van der Waals surface area contributed by atoms with Gasteiger partial charge in [0, 0.05) is 12.0 Å². The summed E-state index contributed by atoms with van der Waals surface area (Å²) in [6.45, 7) is 0.700. The van der Waals surface area contributed by atoms with Crippen LogP contribution in [0.15, 0.2) is 71.6 Å². The van der Waals surface area contributed by atoms with Crippen LogP contribution in [-0.2, 0) is 13.2 Å². The standard InChI is InChI=1S/C20H18N4O3S/c28-20-23-21-13-24(20)14-27-18-9-5-4-8-17(18)25-11-10-16-12-26-19(22-16)15-6-2-1-3-7-15/h1-9,12-13H,10-11,14H2,(H,23,28). The van der Waals surface area contributed by atoms with Gasteiger partial charge in [0.25, 0.3) is 0 Å². The van der Waals surface area contributed by atoms with Gasteiger partial charge in [-0.1, -0.05) is 30.3 Å². The molecule has 0 saturated carbocycles. The fraction of sp³-hybridized carbons (Fsp3) is 0.150. The predicted molar refractivity (Wildman–Crippen MR) is 106 cm³/mol. The minimum absolute atomic E-state index is 0.249. The number of ether oxygens (including phenoxy) is 2. The molecule has 2 aromatic carbocycles. The van der Waals surface area contributed by atoms with Gasteiger partial charge in [-0.2, -0.15) is 5.10 Å². The van der Waals surface area contributed by atoms with Gasteiger partial charge in [0.1, 0.15) is 12.6 Å². The van der Waals surface area contributed by atoms with Gasteiger partial charge in [0.05, 0.1) is 12.3 Å². The van der Waals surface area contributed by atoms with E-state index in [2.05, 4.69) is 15.2 Å². The van der Waals surface area contributed by atoms with E-state index in [9.17, 15) is 0 Å². The minimum Gasteiger partial charge on any atom is -0.489 e. The number of hydrogen-bond acceptors (Lipinski definition) is 6. The quantitative estimate of drug-likeness (QED) is 0.450. The summed E-state index contributed by atoms with van der Waals surface area (Å²) in [5, 5.41) is 6.56. The molecule has 0 aliphatic rings. The number of hydrogen-bond donors (Lipinski definition) is 1. The topological polar surface area (TPSA) is 78.1 Å². The Morgan fingerprint density at radius 2 is 1.75 bits per heavy atom. The summed E-state index contributed by atoms with van der Waals surface area (Å²) in [6, 6.07) is 17.3. The molecule has 4 aromatic rings. The average molecular weight is 394 g/mol. The van der Waals surface area contributed by atoms with Crippen molar-refractivity contribution in [1.29, 1.82) is 0 Å². The zero-order valence-corrected chi connectivity index (χ0v) is 15.8. The molecule has 8 heteroatoms. The highest BCUT2D eigenvalue weighted by molar-refractivity contribution is 7.71. The third kappa shape index (κ3) is 4.29. The van der Waals surface area contributed by atoms with Gasteiger partial charge in [-0.15, -0.1) is 0 Å². The molecule has 0 spiro atoms. The summed E-state index contributed by atoms with van der Waals surface area (Å²) in [5.41, 5.74) is 1.79. The lowest BCUT2D eigenvalue weighted by molar-refractivity contribution is 0.215. The van der Waals surface area contributed by atoms with Crippen molar-refractivity contribution in [2.24, 2.45) is 0 Å². The number of nitrogens with one attached hydrogen (secondary N) is 1. The molecule has 28 heavy (non-hydrogen) atoms. The Morgan fingerprint density at radius 3 is 2.50 bits per heavy atom. The van der Waals surface area contributed by atoms with Crippen molar-refractivity contribution in [3.63, 3.8) is 0 Å². The fourth-order valence-electron chi connectivity index (χ4n) is 2.59. The second-order valence-corrected chi connectivity index (χ2v) is 6.35. The van der Waals surface area contributed by atoms with Crippen molar-refractivity contribution in [1.82, 2.24) is 19.7 Å². The number of oxazole rings is 1. The smallest absolute Gasteiger partial charge is 0.226 e. The summed E-state index contributed by atoms with van der Waals surface area (Å²) in [4.78, 5) is 4.51. The van der Waals surface area contributed by atoms with Crippen molar-refractivity contribution in [2.45, 2.75) is 13.2 Å². The highest BCUT2D eigenvalue weighted by Gasteiger charge is 2.08. The molecule has 0 saturated heterocycles. The Hall–Kier alpha value is -3.39. The molecule has 0 atom stereocenters. The van der Waals surface area contributed by atoms with E-state index in [4.69, 9.17) is 26.1 Å². The lowest BCUT2D eigenvalue weighted by Crippen LogP contribution is -2.07. The van der Waals surface area contributed by atoms with E-state index in [0.717, 1.165) is 11.3 Å². The van der Waals surface area contributed by atoms with E-state index in [0.29, 0.717) is 35.2 Å². The van der Waals surface area contributed by atoms with E-state index in [1.807, 2.05) is 54.6 Å². The SMILES string of the molecule is S=c1[nH]ncn1COc1ccccc1OCCc1coc(-c2ccccc2)n1. The van der Waals surface area contributed by atoms with Crippen LogP contribution in [0.1, 0.15) is 5.69 Å². The summed E-state index contributed by atoms with van der Waals surface area (Å²) >= 11 is 5.11. The average Bonchev–Trinajstić information content (AvgIpc) is 3.37. The number of benzene rings is 2. The first-order valence-electron chi connectivity index (χ1n) is 8.74. The second-order valence-electron chi connectivity index (χ2n) is 5.96. The normalized spacial score (nSPS) is 10.7. The summed E-state index contributed by atoms with van der Waals surface area (Å²) in [5.74, 6) is 1.90. The Labute approximate surface area is 166 Å². The molecule has 0 radical (unpaired) electrons. The van der Waals surface area contributed by atoms with Crippen LogP contribution in [0, 0.1) is 4.77 Å². The number of nitrogens with zero attached hydrogens (tertiary/aromatic N) is 3. The van der Waals surface area contributed by atoms with Crippen molar-refractivity contribution >= 4 is 12.2 Å². The Kier molecular flexibility index (Phi) is 5.48. The Morgan fingerprint density at radius 1 is 1.00 bits per heavy atom. The van der Waals surface area contributed by atoms with Gasteiger partial charge < -0.3 is 13.9 Å². The number of H-pyrrole nitrogens is 1. The van der Waals surface area contributed by atoms with Crippen LogP contribution in [0.3, 0.4) is 0 Å². The lowest BCUT2D eigenvalue weighted by atomic mass is 10.2. The molecular weight excluding hydrogens is 376 g/mol. The van der Waals surface area contributed by atoms with Crippen molar-refractivity contribution in [3.05, 3.63) is 77.7 Å². The molecule has 2 aromatic heterocycles. The molecule has 0 amide bonds. The van der Waals surface area contributed by atoms with Crippen LogP contribution in [0.25, 0.3) is 11.5 Å². The van der Waals surface area contributed by atoms with Crippen LogP contribution in [-0.4, -0.2) is 26.4 Å². The van der Waals surface area contributed by atoms with E-state index in [-0.39, 0.29) is 6.73 Å². The van der Waals surface area contributed by atoms with E-state index in [1.54, 1.807) is 17.2 Å². The summed E-state index contributed by atoms with van der Waals surface area (Å²) < 4.78 is 19.4. The van der Waals surface area contributed by atoms with Gasteiger partial charge in [0.2, 0.25) is 5.89 Å². The molecule has 0 aliphatic carbocycles. The Bertz CT molecular complexity index is 1090. The highest BCUT2D eigenvalue weighted by Crippen LogP contribution is 2.27. The van der Waals surface area contributed by atoms with Gasteiger partial charge in [-0.3, -0.25) is 9.67 Å². The molecule has 0 unspecified atom stereocenters. The molecule has 0 bridgehead atoms. The van der Waals surface area contributed by atoms with Crippen molar-refractivity contribution in [2.75, 3.05) is 6.61 Å². The maximum absolute atomic E-state index is 5.89. The number of aromatic nitrogens is 4. The summed E-state index contributed by atoms with van der Waals surface area (Å²) in [7, 11) is 0. The molecule has 0 fully saturated rings. The third-order valence-electron chi connectivity index (χ3n) is 4.01. The van der Waals surface area contributed by atoms with Crippen LogP contribution >= 0.6 is 12.2 Å². The first-order chi connectivity index (χ1) is 13.8. The van der Waals surface area contributed by atoms with Crippen molar-refractivity contribution in [3.8, 4) is 23.0 Å². The number of aromatic amines is 1. The van der Waals surface area contributed by atoms with E-state index < -0.39 is 0 Å². The van der Waals surface area contributed by atoms with E-state index >= 15 is 0 Å². The van der Waals surface area contributed by atoms with Crippen LogP contribution in [0.5, 0.6) is 11.5 Å². The molecule has 2 heterocycles. The molecule has 1 N–H and O–H groups in total. The highest BCUT2D eigenvalue weighted by atomic mass is 32.1. The molecule has 4 rings (SSSR count). The number of para-hydroxylation sites is 2. The minimum atomic E-state index is 0.249. The van der Waals surface area contributed by atoms with Crippen LogP contribution < -0.4 is 9.47 Å². The second kappa shape index (κ2) is 8.53. The maximum atomic E-state index is 5.89. The molecule has 7 nitrogen and oxygen atoms in total. The van der Waals surface area contributed by atoms with Crippen molar-refractivity contribution < 1.29 is 13.9 Å². The van der Waals surface area contributed by atoms with E-state index in [1.165, 1.54) is 0 Å². The largest absolute Gasteiger partial charge is 0.489 e. The fourth-order valence-corrected chi connectivity index (χ4v) is 2.74.